The topological polar surface area (TPSA) is 63.6 Å². The average molecular weight is 360 g/mol. The molecule has 0 fully saturated rings. The number of para-hydroxylation sites is 1. The van der Waals surface area contributed by atoms with Gasteiger partial charge in [-0.1, -0.05) is 25.1 Å². The van der Waals surface area contributed by atoms with Gasteiger partial charge in [0.15, 0.2) is 0 Å². The summed E-state index contributed by atoms with van der Waals surface area (Å²) < 4.78 is 3.61. The normalized spacial score (nSPS) is 11.1. The number of rotatable bonds is 3. The molecule has 0 aliphatic heterocycles. The van der Waals surface area contributed by atoms with Gasteiger partial charge in [0, 0.05) is 12.4 Å². The van der Waals surface area contributed by atoms with E-state index in [9.17, 15) is 10.1 Å². The molecule has 4 aromatic rings. The molecule has 0 atom stereocenters. The number of aromatic nitrogens is 3. The molecule has 3 heterocycles. The fraction of sp³-hybridized carbons (Fsp3) is 0.150. The van der Waals surface area contributed by atoms with Crippen molar-refractivity contribution in [2.45, 2.75) is 11.9 Å². The van der Waals surface area contributed by atoms with Gasteiger partial charge in [-0.2, -0.15) is 5.26 Å². The Labute approximate surface area is 154 Å². The first-order valence-electron chi connectivity index (χ1n) is 8.28. The molecule has 0 radical (unpaired) electrons. The summed E-state index contributed by atoms with van der Waals surface area (Å²) in [5.74, 6) is 0.934. The molecule has 0 unspecified atom stereocenters. The van der Waals surface area contributed by atoms with Crippen molar-refractivity contribution in [2.75, 3.05) is 5.75 Å². The van der Waals surface area contributed by atoms with Gasteiger partial charge in [-0.05, 0) is 30.0 Å². The molecular formula is C20H16N4OS. The van der Waals surface area contributed by atoms with Gasteiger partial charge in [0.05, 0.1) is 33.5 Å². The van der Waals surface area contributed by atoms with Gasteiger partial charge >= 0.3 is 0 Å². The van der Waals surface area contributed by atoms with E-state index in [0.717, 1.165) is 32.7 Å². The molecule has 26 heavy (non-hydrogen) atoms. The van der Waals surface area contributed by atoms with E-state index >= 15 is 0 Å². The Morgan fingerprint density at radius 1 is 1.19 bits per heavy atom. The number of fused-ring (bicyclic) bond motifs is 3. The lowest BCUT2D eigenvalue weighted by Gasteiger charge is -2.10. The second kappa shape index (κ2) is 6.36. The molecule has 0 aliphatic rings. The highest BCUT2D eigenvalue weighted by atomic mass is 32.2. The van der Waals surface area contributed by atoms with Crippen LogP contribution in [-0.4, -0.2) is 19.9 Å². The van der Waals surface area contributed by atoms with E-state index in [1.807, 2.05) is 54.1 Å². The molecule has 6 heteroatoms. The minimum Gasteiger partial charge on any atom is -0.342 e. The van der Waals surface area contributed by atoms with Crippen molar-refractivity contribution in [1.29, 1.82) is 5.26 Å². The summed E-state index contributed by atoms with van der Waals surface area (Å²) in [6.07, 6.45) is 1.70. The summed E-state index contributed by atoms with van der Waals surface area (Å²) in [5.41, 5.74) is 3.11. The van der Waals surface area contributed by atoms with Crippen LogP contribution in [0.2, 0.25) is 0 Å². The van der Waals surface area contributed by atoms with E-state index in [0.29, 0.717) is 5.69 Å². The predicted octanol–water partition coefficient (Wildman–Crippen LogP) is 3.86. The quantitative estimate of drug-likeness (QED) is 0.521. The summed E-state index contributed by atoms with van der Waals surface area (Å²) in [5, 5.41) is 11.3. The van der Waals surface area contributed by atoms with Gasteiger partial charge in [-0.25, -0.2) is 4.98 Å². The van der Waals surface area contributed by atoms with Crippen LogP contribution in [0.3, 0.4) is 0 Å². The van der Waals surface area contributed by atoms with Crippen molar-refractivity contribution < 1.29 is 0 Å². The number of hydrogen-bond acceptors (Lipinski definition) is 4. The van der Waals surface area contributed by atoms with Gasteiger partial charge in [-0.3, -0.25) is 9.36 Å². The van der Waals surface area contributed by atoms with Crippen LogP contribution in [0.1, 0.15) is 12.5 Å². The Bertz CT molecular complexity index is 1230. The number of thioether (sulfide) groups is 1. The zero-order valence-electron chi connectivity index (χ0n) is 14.4. The van der Waals surface area contributed by atoms with Crippen molar-refractivity contribution in [3.05, 3.63) is 64.6 Å². The third-order valence-corrected chi connectivity index (χ3v) is 5.28. The maximum Gasteiger partial charge on any atom is 0.273 e. The summed E-state index contributed by atoms with van der Waals surface area (Å²) in [6, 6.07) is 15.4. The minimum absolute atomic E-state index is 0.121. The van der Waals surface area contributed by atoms with Gasteiger partial charge in [0.1, 0.15) is 11.6 Å². The lowest BCUT2D eigenvalue weighted by atomic mass is 10.2. The van der Waals surface area contributed by atoms with Crippen LogP contribution in [0.5, 0.6) is 0 Å². The van der Waals surface area contributed by atoms with Crippen molar-refractivity contribution >= 4 is 33.7 Å². The lowest BCUT2D eigenvalue weighted by molar-refractivity contribution is 0.977. The molecule has 5 nitrogen and oxygen atoms in total. The maximum atomic E-state index is 13.0. The number of nitrogens with zero attached hydrogens (tertiary/aromatic N) is 4. The first-order chi connectivity index (χ1) is 12.7. The number of pyridine rings is 2. The molecule has 1 aromatic carbocycles. The number of hydrogen-bond donors (Lipinski definition) is 0. The number of benzene rings is 1. The maximum absolute atomic E-state index is 13.0. The molecule has 0 amide bonds. The second-order valence-electron chi connectivity index (χ2n) is 5.91. The molecule has 0 saturated carbocycles. The van der Waals surface area contributed by atoms with Gasteiger partial charge in [-0.15, -0.1) is 11.8 Å². The SMILES string of the molecule is CCSc1ccc(-n2c(=O)c(C#N)cc3c2c2ccccc2n3C)cn1. The van der Waals surface area contributed by atoms with E-state index in [1.165, 1.54) is 0 Å². The second-order valence-corrected chi connectivity index (χ2v) is 7.19. The summed E-state index contributed by atoms with van der Waals surface area (Å²) >= 11 is 1.65. The van der Waals surface area contributed by atoms with Crippen LogP contribution < -0.4 is 5.56 Å². The van der Waals surface area contributed by atoms with Crippen LogP contribution in [-0.2, 0) is 7.05 Å². The minimum atomic E-state index is -0.325. The van der Waals surface area contributed by atoms with Gasteiger partial charge in [0.2, 0.25) is 0 Å². The first kappa shape index (κ1) is 16.4. The van der Waals surface area contributed by atoms with Crippen LogP contribution in [0.25, 0.3) is 27.6 Å². The number of aryl methyl sites for hydroxylation is 1. The van der Waals surface area contributed by atoms with Gasteiger partial charge < -0.3 is 4.57 Å². The zero-order valence-corrected chi connectivity index (χ0v) is 15.2. The fourth-order valence-electron chi connectivity index (χ4n) is 3.28. The van der Waals surface area contributed by atoms with Crippen molar-refractivity contribution in [2.24, 2.45) is 7.05 Å². The third kappa shape index (κ3) is 2.40. The molecule has 0 spiro atoms. The highest BCUT2D eigenvalue weighted by Gasteiger charge is 2.17. The van der Waals surface area contributed by atoms with Crippen LogP contribution in [0.4, 0.5) is 0 Å². The van der Waals surface area contributed by atoms with E-state index in [-0.39, 0.29) is 11.1 Å². The molecule has 0 N–H and O–H groups in total. The van der Waals surface area contributed by atoms with Crippen molar-refractivity contribution in [3.8, 4) is 11.8 Å². The van der Waals surface area contributed by atoms with Crippen LogP contribution in [0.15, 0.2) is 58.5 Å². The Kier molecular flexibility index (Phi) is 4.02. The zero-order chi connectivity index (χ0) is 18.3. The molecule has 0 aliphatic carbocycles. The Hall–Kier alpha value is -3.04. The summed E-state index contributed by atoms with van der Waals surface area (Å²) in [6.45, 7) is 2.07. The first-order valence-corrected chi connectivity index (χ1v) is 9.26. The van der Waals surface area contributed by atoms with Gasteiger partial charge in [0.25, 0.3) is 5.56 Å². The molecular weight excluding hydrogens is 344 g/mol. The van der Waals surface area contributed by atoms with E-state index < -0.39 is 0 Å². The molecule has 128 valence electrons. The number of nitriles is 1. The van der Waals surface area contributed by atoms with E-state index in [2.05, 4.69) is 11.9 Å². The van der Waals surface area contributed by atoms with Crippen molar-refractivity contribution in [3.63, 3.8) is 0 Å². The Balaban J connectivity index is 2.13. The largest absolute Gasteiger partial charge is 0.342 e. The molecule has 0 bridgehead atoms. The van der Waals surface area contributed by atoms with E-state index in [1.54, 1.807) is 28.6 Å². The van der Waals surface area contributed by atoms with Crippen LogP contribution >= 0.6 is 11.8 Å². The molecule has 0 saturated heterocycles. The third-order valence-electron chi connectivity index (χ3n) is 4.45. The van der Waals surface area contributed by atoms with Crippen LogP contribution in [0, 0.1) is 11.3 Å². The summed E-state index contributed by atoms with van der Waals surface area (Å²) in [4.78, 5) is 17.4. The molecule has 3 aromatic heterocycles. The standard InChI is InChI=1S/C20H16N4OS/c1-3-26-18-9-8-14(12-22-18)24-19-15-6-4-5-7-16(15)23(2)17(19)10-13(11-21)20(24)25/h4-10,12H,3H2,1-2H3. The average Bonchev–Trinajstić information content (AvgIpc) is 2.95. The smallest absolute Gasteiger partial charge is 0.273 e. The fourth-order valence-corrected chi connectivity index (χ4v) is 3.87. The van der Waals surface area contributed by atoms with Crippen molar-refractivity contribution in [1.82, 2.24) is 14.1 Å². The highest BCUT2D eigenvalue weighted by molar-refractivity contribution is 7.99. The highest BCUT2D eigenvalue weighted by Crippen LogP contribution is 2.29. The molecule has 4 rings (SSSR count). The monoisotopic (exact) mass is 360 g/mol. The lowest BCUT2D eigenvalue weighted by Crippen LogP contribution is -2.21. The Morgan fingerprint density at radius 3 is 2.69 bits per heavy atom. The summed E-state index contributed by atoms with van der Waals surface area (Å²) in [7, 11) is 1.94. The predicted molar refractivity (Wildman–Crippen MR) is 105 cm³/mol. The Morgan fingerprint density at radius 2 is 2.00 bits per heavy atom. The van der Waals surface area contributed by atoms with E-state index in [4.69, 9.17) is 0 Å².